The first kappa shape index (κ1) is 15.1. The molecular formula is C20H21N. The summed E-state index contributed by atoms with van der Waals surface area (Å²) in [6.07, 6.45) is 1.91. The molecule has 0 N–H and O–H groups in total. The van der Waals surface area contributed by atoms with E-state index in [0.29, 0.717) is 0 Å². The van der Waals surface area contributed by atoms with Crippen LogP contribution in [0.3, 0.4) is 0 Å². The maximum atomic E-state index is 3.82. The van der Waals surface area contributed by atoms with Gasteiger partial charge in [-0.15, -0.1) is 6.58 Å². The van der Waals surface area contributed by atoms with Crippen molar-refractivity contribution in [2.75, 3.05) is 13.6 Å². The van der Waals surface area contributed by atoms with Crippen molar-refractivity contribution in [2.24, 2.45) is 0 Å². The smallest absolute Gasteiger partial charge is 0.0974 e. The average molecular weight is 275 g/mol. The summed E-state index contributed by atoms with van der Waals surface area (Å²) in [6, 6.07) is 18.7. The van der Waals surface area contributed by atoms with E-state index in [-0.39, 0.29) is 6.04 Å². The molecule has 1 heteroatoms. The molecule has 0 bridgehead atoms. The van der Waals surface area contributed by atoms with E-state index in [2.05, 4.69) is 61.6 Å². The first-order valence-corrected chi connectivity index (χ1v) is 7.15. The van der Waals surface area contributed by atoms with E-state index in [9.17, 15) is 0 Å². The summed E-state index contributed by atoms with van der Waals surface area (Å²) in [4.78, 5) is 2.20. The highest BCUT2D eigenvalue weighted by Crippen LogP contribution is 2.19. The number of aryl methyl sites for hydroxylation is 1. The van der Waals surface area contributed by atoms with Gasteiger partial charge in [0.05, 0.1) is 6.04 Å². The van der Waals surface area contributed by atoms with Gasteiger partial charge in [-0.1, -0.05) is 65.9 Å². The fourth-order valence-corrected chi connectivity index (χ4v) is 2.18. The van der Waals surface area contributed by atoms with Crippen molar-refractivity contribution in [1.29, 1.82) is 0 Å². The molecule has 0 saturated heterocycles. The minimum atomic E-state index is 0.0730. The Morgan fingerprint density at radius 2 is 1.76 bits per heavy atom. The maximum absolute atomic E-state index is 3.82. The molecule has 0 aliphatic carbocycles. The highest BCUT2D eigenvalue weighted by atomic mass is 15.1. The second-order valence-electron chi connectivity index (χ2n) is 5.18. The molecule has 1 unspecified atom stereocenters. The van der Waals surface area contributed by atoms with E-state index < -0.39 is 0 Å². The lowest BCUT2D eigenvalue weighted by Gasteiger charge is -2.23. The SMILES string of the molecule is C=CCN(C)C(C#Cc1ccccc1)c1ccc(C)cc1. The zero-order chi connectivity index (χ0) is 15.1. The largest absolute Gasteiger partial charge is 0.286 e. The molecule has 0 radical (unpaired) electrons. The molecular weight excluding hydrogens is 254 g/mol. The van der Waals surface area contributed by atoms with Crippen LogP contribution < -0.4 is 0 Å². The van der Waals surface area contributed by atoms with Gasteiger partial charge in [0.25, 0.3) is 0 Å². The van der Waals surface area contributed by atoms with Gasteiger partial charge in [0, 0.05) is 12.1 Å². The Balaban J connectivity index is 2.30. The van der Waals surface area contributed by atoms with Crippen LogP contribution in [-0.4, -0.2) is 18.5 Å². The molecule has 21 heavy (non-hydrogen) atoms. The van der Waals surface area contributed by atoms with E-state index in [4.69, 9.17) is 0 Å². The van der Waals surface area contributed by atoms with E-state index >= 15 is 0 Å². The fraction of sp³-hybridized carbons (Fsp3) is 0.200. The van der Waals surface area contributed by atoms with Gasteiger partial charge < -0.3 is 0 Å². The molecule has 0 aliphatic rings. The van der Waals surface area contributed by atoms with Crippen LogP contribution in [0.2, 0.25) is 0 Å². The van der Waals surface area contributed by atoms with Crippen LogP contribution in [0, 0.1) is 18.8 Å². The van der Waals surface area contributed by atoms with Gasteiger partial charge in [-0.25, -0.2) is 0 Å². The Hall–Kier alpha value is -2.30. The molecule has 1 nitrogen and oxygen atoms in total. The Labute approximate surface area is 127 Å². The van der Waals surface area contributed by atoms with Crippen molar-refractivity contribution in [3.05, 3.63) is 83.9 Å². The fourth-order valence-electron chi connectivity index (χ4n) is 2.18. The van der Waals surface area contributed by atoms with Crippen LogP contribution >= 0.6 is 0 Å². The molecule has 0 heterocycles. The first-order valence-electron chi connectivity index (χ1n) is 7.15. The van der Waals surface area contributed by atoms with E-state index in [0.717, 1.165) is 12.1 Å². The normalized spacial score (nSPS) is 11.6. The standard InChI is InChI=1S/C20H21N/c1-4-16-21(3)20(19-13-10-17(2)11-14-19)15-12-18-8-6-5-7-9-18/h4-11,13-14,20H,1,16H2,2-3H3. The molecule has 2 aromatic carbocycles. The van der Waals surface area contributed by atoms with Crippen molar-refractivity contribution in [1.82, 2.24) is 4.90 Å². The predicted octanol–water partition coefficient (Wildman–Crippen LogP) is 4.21. The minimum Gasteiger partial charge on any atom is -0.286 e. The summed E-state index contributed by atoms with van der Waals surface area (Å²) < 4.78 is 0. The lowest BCUT2D eigenvalue weighted by Crippen LogP contribution is -2.23. The first-order chi connectivity index (χ1) is 10.2. The number of hydrogen-bond donors (Lipinski definition) is 0. The van der Waals surface area contributed by atoms with E-state index in [1.165, 1.54) is 11.1 Å². The Morgan fingerprint density at radius 1 is 1.10 bits per heavy atom. The average Bonchev–Trinajstić information content (AvgIpc) is 2.50. The van der Waals surface area contributed by atoms with Gasteiger partial charge in [-0.2, -0.15) is 0 Å². The Bertz CT molecular complexity index is 629. The van der Waals surface area contributed by atoms with Gasteiger partial charge in [0.15, 0.2) is 0 Å². The molecule has 106 valence electrons. The van der Waals surface area contributed by atoms with Gasteiger partial charge in [0.2, 0.25) is 0 Å². The lowest BCUT2D eigenvalue weighted by atomic mass is 10.0. The van der Waals surface area contributed by atoms with Crippen LogP contribution in [0.4, 0.5) is 0 Å². The van der Waals surface area contributed by atoms with Gasteiger partial charge in [0.1, 0.15) is 0 Å². The van der Waals surface area contributed by atoms with Crippen molar-refractivity contribution < 1.29 is 0 Å². The molecule has 1 atom stereocenters. The molecule has 0 aliphatic heterocycles. The topological polar surface area (TPSA) is 3.24 Å². The second kappa shape index (κ2) is 7.47. The second-order valence-corrected chi connectivity index (χ2v) is 5.18. The minimum absolute atomic E-state index is 0.0730. The molecule has 0 aromatic heterocycles. The van der Waals surface area contributed by atoms with Crippen molar-refractivity contribution in [2.45, 2.75) is 13.0 Å². The van der Waals surface area contributed by atoms with Crippen LogP contribution in [0.15, 0.2) is 67.3 Å². The summed E-state index contributed by atoms with van der Waals surface area (Å²) >= 11 is 0. The van der Waals surface area contributed by atoms with Crippen molar-refractivity contribution in [3.8, 4) is 11.8 Å². The van der Waals surface area contributed by atoms with Gasteiger partial charge in [-0.3, -0.25) is 4.90 Å². The van der Waals surface area contributed by atoms with E-state index in [1.807, 2.05) is 36.4 Å². The summed E-state index contributed by atoms with van der Waals surface area (Å²) in [5.74, 6) is 6.66. The third kappa shape index (κ3) is 4.34. The van der Waals surface area contributed by atoms with Crippen molar-refractivity contribution >= 4 is 0 Å². The highest BCUT2D eigenvalue weighted by molar-refractivity contribution is 5.38. The van der Waals surface area contributed by atoms with Gasteiger partial charge >= 0.3 is 0 Å². The number of nitrogens with zero attached hydrogens (tertiary/aromatic N) is 1. The number of hydrogen-bond acceptors (Lipinski definition) is 1. The molecule has 2 aromatic rings. The molecule has 0 amide bonds. The summed E-state index contributed by atoms with van der Waals surface area (Å²) in [7, 11) is 2.08. The summed E-state index contributed by atoms with van der Waals surface area (Å²) in [5, 5.41) is 0. The summed E-state index contributed by atoms with van der Waals surface area (Å²) in [5.41, 5.74) is 3.52. The van der Waals surface area contributed by atoms with Gasteiger partial charge in [-0.05, 0) is 31.7 Å². The van der Waals surface area contributed by atoms with Crippen LogP contribution in [0.25, 0.3) is 0 Å². The maximum Gasteiger partial charge on any atom is 0.0974 e. The number of rotatable bonds is 4. The zero-order valence-electron chi connectivity index (χ0n) is 12.7. The third-order valence-corrected chi connectivity index (χ3v) is 3.38. The van der Waals surface area contributed by atoms with Crippen LogP contribution in [0.5, 0.6) is 0 Å². The Kier molecular flexibility index (Phi) is 5.37. The highest BCUT2D eigenvalue weighted by Gasteiger charge is 2.13. The van der Waals surface area contributed by atoms with Crippen LogP contribution in [-0.2, 0) is 0 Å². The molecule has 2 rings (SSSR count). The quantitative estimate of drug-likeness (QED) is 0.597. The molecule has 0 spiro atoms. The van der Waals surface area contributed by atoms with E-state index in [1.54, 1.807) is 0 Å². The predicted molar refractivity (Wildman–Crippen MR) is 90.1 cm³/mol. The number of likely N-dealkylation sites (N-methyl/N-ethyl adjacent to an activating group) is 1. The summed E-state index contributed by atoms with van der Waals surface area (Å²) in [6.45, 7) is 6.73. The molecule has 0 fully saturated rings. The Morgan fingerprint density at radius 3 is 2.38 bits per heavy atom. The third-order valence-electron chi connectivity index (χ3n) is 3.38. The lowest BCUT2D eigenvalue weighted by molar-refractivity contribution is 0.326. The number of benzene rings is 2. The molecule has 0 saturated carbocycles. The monoisotopic (exact) mass is 275 g/mol. The van der Waals surface area contributed by atoms with Crippen LogP contribution in [0.1, 0.15) is 22.7 Å². The van der Waals surface area contributed by atoms with Crippen molar-refractivity contribution in [3.63, 3.8) is 0 Å². The zero-order valence-corrected chi connectivity index (χ0v) is 12.7.